The molecule has 0 aliphatic carbocycles. The molecule has 0 fully saturated rings. The van der Waals surface area contributed by atoms with Gasteiger partial charge in [0, 0.05) is 6.20 Å². The van der Waals surface area contributed by atoms with Crippen LogP contribution in [0.3, 0.4) is 0 Å². The van der Waals surface area contributed by atoms with E-state index in [2.05, 4.69) is 34.6 Å². The van der Waals surface area contributed by atoms with Gasteiger partial charge in [-0.05, 0) is 35.7 Å². The molecule has 0 unspecified atom stereocenters. The molecule has 0 bridgehead atoms. The molecule has 2 aromatic carbocycles. The summed E-state index contributed by atoms with van der Waals surface area (Å²) in [6.45, 7) is 1.94. The number of nitrogens with one attached hydrogen (secondary N) is 1. The first-order valence-electron chi connectivity index (χ1n) is 8.07. The number of benzene rings is 2. The van der Waals surface area contributed by atoms with E-state index in [0.29, 0.717) is 6.42 Å². The van der Waals surface area contributed by atoms with Crippen LogP contribution in [0.2, 0.25) is 0 Å². The summed E-state index contributed by atoms with van der Waals surface area (Å²) in [4.78, 5) is 16.5. The van der Waals surface area contributed by atoms with Gasteiger partial charge < -0.3 is 5.32 Å². The first-order valence-corrected chi connectivity index (χ1v) is 8.07. The minimum Gasteiger partial charge on any atom is -0.348 e. The van der Waals surface area contributed by atoms with Crippen LogP contribution < -0.4 is 5.32 Å². The van der Waals surface area contributed by atoms with Gasteiger partial charge in [-0.1, -0.05) is 60.7 Å². The third-order valence-electron chi connectivity index (χ3n) is 3.93. The second kappa shape index (κ2) is 7.55. The van der Waals surface area contributed by atoms with E-state index in [9.17, 15) is 4.79 Å². The highest BCUT2D eigenvalue weighted by atomic mass is 16.1. The van der Waals surface area contributed by atoms with E-state index in [1.165, 1.54) is 5.56 Å². The lowest BCUT2D eigenvalue weighted by atomic mass is 10.0. The average Bonchev–Trinajstić information content (AvgIpc) is 2.64. The van der Waals surface area contributed by atoms with E-state index in [1.54, 1.807) is 6.20 Å². The van der Waals surface area contributed by atoms with Crippen LogP contribution in [0.5, 0.6) is 0 Å². The highest BCUT2D eigenvalue weighted by Gasteiger charge is 2.10. The number of rotatable bonds is 5. The molecule has 3 aromatic rings. The van der Waals surface area contributed by atoms with Crippen LogP contribution in [0, 0.1) is 0 Å². The average molecular weight is 316 g/mol. The Bertz CT molecular complexity index is 783. The molecule has 0 saturated heterocycles. The predicted octanol–water partition coefficient (Wildman–Crippen LogP) is 4.17. The highest BCUT2D eigenvalue weighted by Crippen LogP contribution is 2.19. The Balaban J connectivity index is 1.61. The van der Waals surface area contributed by atoms with Crippen LogP contribution in [0.1, 0.15) is 24.2 Å². The third kappa shape index (κ3) is 4.07. The Morgan fingerprint density at radius 2 is 1.58 bits per heavy atom. The maximum Gasteiger partial charge on any atom is 0.224 e. The smallest absolute Gasteiger partial charge is 0.224 e. The van der Waals surface area contributed by atoms with Gasteiger partial charge in [0.2, 0.25) is 5.91 Å². The summed E-state index contributed by atoms with van der Waals surface area (Å²) >= 11 is 0. The van der Waals surface area contributed by atoms with Gasteiger partial charge in [-0.2, -0.15) is 0 Å². The van der Waals surface area contributed by atoms with E-state index in [-0.39, 0.29) is 11.9 Å². The van der Waals surface area contributed by atoms with Crippen molar-refractivity contribution >= 4 is 5.91 Å². The molecule has 1 aromatic heterocycles. The van der Waals surface area contributed by atoms with E-state index in [4.69, 9.17) is 0 Å². The molecule has 0 aliphatic rings. The number of carbonyl (C=O) groups is 1. The molecule has 1 atom stereocenters. The molecule has 0 spiro atoms. The molecular formula is C21H20N2O. The fourth-order valence-corrected chi connectivity index (χ4v) is 2.63. The lowest BCUT2D eigenvalue weighted by Gasteiger charge is -2.13. The summed E-state index contributed by atoms with van der Waals surface area (Å²) in [6.07, 6.45) is 2.10. The number of aromatic nitrogens is 1. The molecule has 1 N–H and O–H groups in total. The SMILES string of the molecule is C[C@H](NC(=O)Cc1ccc(-c2ccccc2)cc1)c1ccccn1. The maximum absolute atomic E-state index is 12.2. The Labute approximate surface area is 142 Å². The van der Waals surface area contributed by atoms with Crippen LogP contribution in [0.15, 0.2) is 79.0 Å². The predicted molar refractivity (Wildman–Crippen MR) is 96.4 cm³/mol. The Kier molecular flexibility index (Phi) is 5.02. The number of hydrogen-bond acceptors (Lipinski definition) is 2. The molecule has 3 rings (SSSR count). The molecule has 24 heavy (non-hydrogen) atoms. The highest BCUT2D eigenvalue weighted by molar-refractivity contribution is 5.79. The molecule has 0 radical (unpaired) electrons. The molecule has 3 heteroatoms. The topological polar surface area (TPSA) is 42.0 Å². The van der Waals surface area contributed by atoms with Gasteiger partial charge in [-0.25, -0.2) is 0 Å². The number of hydrogen-bond donors (Lipinski definition) is 1. The van der Waals surface area contributed by atoms with Gasteiger partial charge in [-0.15, -0.1) is 0 Å². The van der Waals surface area contributed by atoms with E-state index < -0.39 is 0 Å². The molecule has 1 amide bonds. The molecule has 120 valence electrons. The lowest BCUT2D eigenvalue weighted by molar-refractivity contribution is -0.121. The number of pyridine rings is 1. The van der Waals surface area contributed by atoms with Crippen molar-refractivity contribution in [2.24, 2.45) is 0 Å². The summed E-state index contributed by atoms with van der Waals surface area (Å²) < 4.78 is 0. The second-order valence-corrected chi connectivity index (χ2v) is 5.78. The maximum atomic E-state index is 12.2. The van der Waals surface area contributed by atoms with E-state index in [1.807, 2.05) is 55.5 Å². The van der Waals surface area contributed by atoms with Crippen molar-refractivity contribution in [1.29, 1.82) is 0 Å². The van der Waals surface area contributed by atoms with Gasteiger partial charge in [0.25, 0.3) is 0 Å². The van der Waals surface area contributed by atoms with Crippen LogP contribution >= 0.6 is 0 Å². The zero-order valence-electron chi connectivity index (χ0n) is 13.6. The molecule has 3 nitrogen and oxygen atoms in total. The Morgan fingerprint density at radius 3 is 2.25 bits per heavy atom. The number of carbonyl (C=O) groups excluding carboxylic acids is 1. The number of nitrogens with zero attached hydrogens (tertiary/aromatic N) is 1. The fourth-order valence-electron chi connectivity index (χ4n) is 2.63. The van der Waals surface area contributed by atoms with Gasteiger partial charge in [0.05, 0.1) is 18.2 Å². The molecule has 0 saturated carbocycles. The Hall–Kier alpha value is -2.94. The van der Waals surface area contributed by atoms with Crippen LogP contribution in [-0.4, -0.2) is 10.9 Å². The molecule has 1 heterocycles. The second-order valence-electron chi connectivity index (χ2n) is 5.78. The largest absolute Gasteiger partial charge is 0.348 e. The van der Waals surface area contributed by atoms with E-state index in [0.717, 1.165) is 16.8 Å². The zero-order valence-corrected chi connectivity index (χ0v) is 13.6. The van der Waals surface area contributed by atoms with Crippen molar-refractivity contribution in [3.8, 4) is 11.1 Å². The summed E-state index contributed by atoms with van der Waals surface area (Å²) in [6, 6.07) is 23.9. The van der Waals surface area contributed by atoms with Crippen molar-refractivity contribution in [1.82, 2.24) is 10.3 Å². The summed E-state index contributed by atoms with van der Waals surface area (Å²) in [7, 11) is 0. The van der Waals surface area contributed by atoms with Crippen molar-refractivity contribution in [3.63, 3.8) is 0 Å². The van der Waals surface area contributed by atoms with Gasteiger partial charge in [0.15, 0.2) is 0 Å². The standard InChI is InChI=1S/C21H20N2O/c1-16(20-9-5-6-14-22-20)23-21(24)15-17-10-12-19(13-11-17)18-7-3-2-4-8-18/h2-14,16H,15H2,1H3,(H,23,24)/t16-/m0/s1. The monoisotopic (exact) mass is 316 g/mol. The summed E-state index contributed by atoms with van der Waals surface area (Å²) in [5.74, 6) is 0.000569. The van der Waals surface area contributed by atoms with E-state index >= 15 is 0 Å². The van der Waals surface area contributed by atoms with Gasteiger partial charge in [0.1, 0.15) is 0 Å². The third-order valence-corrected chi connectivity index (χ3v) is 3.93. The van der Waals surface area contributed by atoms with Crippen molar-refractivity contribution < 1.29 is 4.79 Å². The fraction of sp³-hybridized carbons (Fsp3) is 0.143. The summed E-state index contributed by atoms with van der Waals surface area (Å²) in [5, 5.41) is 2.99. The van der Waals surface area contributed by atoms with Gasteiger partial charge >= 0.3 is 0 Å². The van der Waals surface area contributed by atoms with Crippen LogP contribution in [0.4, 0.5) is 0 Å². The minimum absolute atomic E-state index is 0.000569. The first kappa shape index (κ1) is 15.9. The van der Waals surface area contributed by atoms with Crippen molar-refractivity contribution in [3.05, 3.63) is 90.3 Å². The molecular weight excluding hydrogens is 296 g/mol. The lowest BCUT2D eigenvalue weighted by Crippen LogP contribution is -2.28. The van der Waals surface area contributed by atoms with Crippen molar-refractivity contribution in [2.75, 3.05) is 0 Å². The number of amides is 1. The normalized spacial score (nSPS) is 11.7. The zero-order chi connectivity index (χ0) is 16.8. The first-order chi connectivity index (χ1) is 11.7. The Morgan fingerprint density at radius 1 is 0.917 bits per heavy atom. The quantitative estimate of drug-likeness (QED) is 0.767. The van der Waals surface area contributed by atoms with Crippen LogP contribution in [0.25, 0.3) is 11.1 Å². The van der Waals surface area contributed by atoms with Gasteiger partial charge in [-0.3, -0.25) is 9.78 Å². The van der Waals surface area contributed by atoms with Crippen LogP contribution in [-0.2, 0) is 11.2 Å². The minimum atomic E-state index is -0.0951. The molecule has 0 aliphatic heterocycles. The van der Waals surface area contributed by atoms with Crippen molar-refractivity contribution in [2.45, 2.75) is 19.4 Å². The summed E-state index contributed by atoms with van der Waals surface area (Å²) in [5.41, 5.74) is 4.20.